The molecule has 33 heavy (non-hydrogen) atoms. The van der Waals surface area contributed by atoms with Crippen LogP contribution < -0.4 is 16.2 Å². The van der Waals surface area contributed by atoms with E-state index in [4.69, 9.17) is 0 Å². The maximum Gasteiger partial charge on any atom is 0.266 e. The number of hydrogen-bond donors (Lipinski definition) is 3. The third-order valence-corrected chi connectivity index (χ3v) is 6.47. The lowest BCUT2D eigenvalue weighted by Gasteiger charge is -2.17. The Kier molecular flexibility index (Phi) is 6.23. The summed E-state index contributed by atoms with van der Waals surface area (Å²) in [5.41, 5.74) is 1.32. The van der Waals surface area contributed by atoms with Crippen molar-refractivity contribution >= 4 is 44.7 Å². The molecule has 0 aliphatic heterocycles. The summed E-state index contributed by atoms with van der Waals surface area (Å²) in [5.74, 6) is -0.600. The van der Waals surface area contributed by atoms with Crippen molar-refractivity contribution < 1.29 is 14.7 Å². The van der Waals surface area contributed by atoms with Crippen molar-refractivity contribution in [1.29, 1.82) is 0 Å². The zero-order chi connectivity index (χ0) is 23.5. The summed E-state index contributed by atoms with van der Waals surface area (Å²) in [6, 6.07) is 14.4. The van der Waals surface area contributed by atoms with Crippen molar-refractivity contribution in [1.82, 2.24) is 9.55 Å². The number of benzene rings is 2. The standard InChI is InChI=1S/C24H22N4O4S/c1-3-18(21(30)26-16-9-11-17(29)12-10-16)28-13-25-23-19(24(28)32)14(2)20(33-23)22(31)27-15-7-5-4-6-8-15/h4-13,18,29H,3H2,1-2H3,(H,26,30)(H,27,31). The fourth-order valence-corrected chi connectivity index (χ4v) is 4.60. The van der Waals surface area contributed by atoms with Crippen LogP contribution in [0.1, 0.15) is 34.6 Å². The molecule has 1 atom stereocenters. The summed E-state index contributed by atoms with van der Waals surface area (Å²) >= 11 is 1.15. The Balaban J connectivity index is 1.66. The van der Waals surface area contributed by atoms with Gasteiger partial charge in [-0.15, -0.1) is 11.3 Å². The van der Waals surface area contributed by atoms with Gasteiger partial charge in [0.1, 0.15) is 16.6 Å². The number of aromatic hydroxyl groups is 1. The first-order valence-corrected chi connectivity index (χ1v) is 11.2. The Labute approximate surface area is 193 Å². The molecule has 0 fully saturated rings. The number of rotatable bonds is 6. The Morgan fingerprint density at radius 3 is 2.39 bits per heavy atom. The minimum atomic E-state index is -0.788. The summed E-state index contributed by atoms with van der Waals surface area (Å²) in [6.07, 6.45) is 1.71. The molecule has 0 aliphatic rings. The Morgan fingerprint density at radius 2 is 1.73 bits per heavy atom. The van der Waals surface area contributed by atoms with Crippen LogP contribution in [0.4, 0.5) is 11.4 Å². The van der Waals surface area contributed by atoms with Crippen LogP contribution in [0.15, 0.2) is 65.7 Å². The van der Waals surface area contributed by atoms with Crippen LogP contribution in [0.5, 0.6) is 5.75 Å². The van der Waals surface area contributed by atoms with Gasteiger partial charge in [0.15, 0.2) is 0 Å². The molecular formula is C24H22N4O4S. The highest BCUT2D eigenvalue weighted by Crippen LogP contribution is 2.28. The van der Waals surface area contributed by atoms with Crippen LogP contribution in [-0.4, -0.2) is 26.5 Å². The van der Waals surface area contributed by atoms with Gasteiger partial charge in [-0.2, -0.15) is 0 Å². The third-order valence-electron chi connectivity index (χ3n) is 5.27. The maximum atomic E-state index is 13.3. The average molecular weight is 463 g/mol. The van der Waals surface area contributed by atoms with Gasteiger partial charge in [0, 0.05) is 11.4 Å². The normalized spacial score (nSPS) is 11.8. The first-order valence-electron chi connectivity index (χ1n) is 10.4. The molecule has 0 bridgehead atoms. The van der Waals surface area contributed by atoms with E-state index in [0.29, 0.717) is 38.5 Å². The number of aryl methyl sites for hydroxylation is 1. The van der Waals surface area contributed by atoms with Crippen molar-refractivity contribution in [3.63, 3.8) is 0 Å². The second-order valence-corrected chi connectivity index (χ2v) is 8.47. The topological polar surface area (TPSA) is 113 Å². The van der Waals surface area contributed by atoms with Gasteiger partial charge in [-0.1, -0.05) is 25.1 Å². The number of nitrogens with one attached hydrogen (secondary N) is 2. The summed E-state index contributed by atoms with van der Waals surface area (Å²) in [7, 11) is 0. The Morgan fingerprint density at radius 1 is 1.06 bits per heavy atom. The molecule has 168 valence electrons. The van der Waals surface area contributed by atoms with E-state index in [2.05, 4.69) is 15.6 Å². The number of thiophene rings is 1. The van der Waals surface area contributed by atoms with Crippen LogP contribution in [0.25, 0.3) is 10.2 Å². The molecule has 0 aliphatic carbocycles. The highest BCUT2D eigenvalue weighted by Gasteiger charge is 2.24. The monoisotopic (exact) mass is 462 g/mol. The number of anilines is 2. The molecule has 2 aromatic heterocycles. The lowest BCUT2D eigenvalue weighted by Crippen LogP contribution is -2.33. The lowest BCUT2D eigenvalue weighted by atomic mass is 10.1. The largest absolute Gasteiger partial charge is 0.508 e. The van der Waals surface area contributed by atoms with Crippen LogP contribution in [-0.2, 0) is 4.79 Å². The maximum absolute atomic E-state index is 13.3. The van der Waals surface area contributed by atoms with Crippen LogP contribution in [0, 0.1) is 6.92 Å². The molecular weight excluding hydrogens is 440 g/mol. The van der Waals surface area contributed by atoms with Crippen molar-refractivity contribution in [2.24, 2.45) is 0 Å². The van der Waals surface area contributed by atoms with E-state index in [9.17, 15) is 19.5 Å². The number of fused-ring (bicyclic) bond motifs is 1. The fraction of sp³-hybridized carbons (Fsp3) is 0.167. The number of nitrogens with zero attached hydrogens (tertiary/aromatic N) is 2. The van der Waals surface area contributed by atoms with Crippen LogP contribution in [0.3, 0.4) is 0 Å². The molecule has 9 heteroatoms. The molecule has 0 saturated carbocycles. The second-order valence-electron chi connectivity index (χ2n) is 7.47. The fourth-order valence-electron chi connectivity index (χ4n) is 3.56. The molecule has 0 saturated heterocycles. The molecule has 2 amide bonds. The summed E-state index contributed by atoms with van der Waals surface area (Å²) in [5, 5.41) is 15.3. The highest BCUT2D eigenvalue weighted by molar-refractivity contribution is 7.20. The third kappa shape index (κ3) is 4.49. The Hall–Kier alpha value is -3.98. The number of para-hydroxylation sites is 1. The molecule has 8 nitrogen and oxygen atoms in total. The predicted octanol–water partition coefficient (Wildman–Crippen LogP) is 4.31. The SMILES string of the molecule is CCC(C(=O)Nc1ccc(O)cc1)n1cnc2sc(C(=O)Nc3ccccc3)c(C)c2c1=O. The van der Waals surface area contributed by atoms with Crippen molar-refractivity contribution in [2.45, 2.75) is 26.3 Å². The van der Waals surface area contributed by atoms with Crippen molar-refractivity contribution in [3.8, 4) is 5.75 Å². The van der Waals surface area contributed by atoms with E-state index in [-0.39, 0.29) is 23.1 Å². The zero-order valence-corrected chi connectivity index (χ0v) is 18.8. The van der Waals surface area contributed by atoms with Crippen molar-refractivity contribution in [2.75, 3.05) is 10.6 Å². The molecule has 1 unspecified atom stereocenters. The number of hydrogen-bond acceptors (Lipinski definition) is 6. The van der Waals surface area contributed by atoms with E-state index in [1.165, 1.54) is 23.0 Å². The number of carbonyl (C=O) groups excluding carboxylic acids is 2. The quantitative estimate of drug-likeness (QED) is 0.370. The second kappa shape index (κ2) is 9.25. The van der Waals surface area contributed by atoms with Gasteiger partial charge in [0.05, 0.1) is 16.6 Å². The number of phenols is 1. The zero-order valence-electron chi connectivity index (χ0n) is 18.0. The molecule has 3 N–H and O–H groups in total. The number of amides is 2. The van der Waals surface area contributed by atoms with Crippen LogP contribution in [0.2, 0.25) is 0 Å². The number of aromatic nitrogens is 2. The van der Waals surface area contributed by atoms with Gasteiger partial charge in [0.2, 0.25) is 5.91 Å². The first-order chi connectivity index (χ1) is 15.9. The van der Waals surface area contributed by atoms with Gasteiger partial charge in [-0.25, -0.2) is 4.98 Å². The summed E-state index contributed by atoms with van der Waals surface area (Å²) in [6.45, 7) is 3.51. The highest BCUT2D eigenvalue weighted by atomic mass is 32.1. The minimum Gasteiger partial charge on any atom is -0.508 e. The first kappa shape index (κ1) is 22.2. The molecule has 0 radical (unpaired) electrons. The summed E-state index contributed by atoms with van der Waals surface area (Å²) < 4.78 is 1.30. The molecule has 0 spiro atoms. The molecule has 2 heterocycles. The van der Waals surface area contributed by atoms with Crippen molar-refractivity contribution in [3.05, 3.63) is 81.7 Å². The average Bonchev–Trinajstić information content (AvgIpc) is 3.15. The van der Waals surface area contributed by atoms with Gasteiger partial charge in [-0.05, 0) is 55.3 Å². The number of phenolic OH excluding ortho intramolecular Hbond substituents is 1. The van der Waals surface area contributed by atoms with E-state index in [1.807, 2.05) is 18.2 Å². The predicted molar refractivity (Wildman–Crippen MR) is 129 cm³/mol. The van der Waals surface area contributed by atoms with E-state index >= 15 is 0 Å². The van der Waals surface area contributed by atoms with E-state index < -0.39 is 6.04 Å². The minimum absolute atomic E-state index is 0.0888. The van der Waals surface area contributed by atoms with E-state index in [0.717, 1.165) is 11.3 Å². The molecule has 4 rings (SSSR count). The number of carbonyl (C=O) groups is 2. The molecule has 2 aromatic carbocycles. The lowest BCUT2D eigenvalue weighted by molar-refractivity contribution is -0.119. The summed E-state index contributed by atoms with van der Waals surface area (Å²) in [4.78, 5) is 44.3. The van der Waals surface area contributed by atoms with Gasteiger partial charge in [-0.3, -0.25) is 19.0 Å². The van der Waals surface area contributed by atoms with E-state index in [1.54, 1.807) is 38.1 Å². The van der Waals surface area contributed by atoms with Gasteiger partial charge < -0.3 is 15.7 Å². The van der Waals surface area contributed by atoms with Gasteiger partial charge in [0.25, 0.3) is 11.5 Å². The van der Waals surface area contributed by atoms with Crippen LogP contribution >= 0.6 is 11.3 Å². The molecule has 4 aromatic rings. The Bertz CT molecular complexity index is 1380. The van der Waals surface area contributed by atoms with Gasteiger partial charge >= 0.3 is 0 Å². The smallest absolute Gasteiger partial charge is 0.266 e.